The van der Waals surface area contributed by atoms with Crippen LogP contribution in [0.4, 0.5) is 62.8 Å². The highest BCUT2D eigenvalue weighted by molar-refractivity contribution is 6.04. The van der Waals surface area contributed by atoms with Gasteiger partial charge in [-0.1, -0.05) is 109 Å². The molecule has 0 unspecified atom stereocenters. The van der Waals surface area contributed by atoms with E-state index in [2.05, 4.69) is 19.9 Å². The summed E-state index contributed by atoms with van der Waals surface area (Å²) in [4.78, 5) is 26.8. The monoisotopic (exact) mass is 949 g/mol. The first-order valence-corrected chi connectivity index (χ1v) is 20.3. The van der Waals surface area contributed by atoms with Gasteiger partial charge in [0.25, 0.3) is 0 Å². The van der Waals surface area contributed by atoms with Gasteiger partial charge in [0, 0.05) is 87.5 Å². The zero-order valence-corrected chi connectivity index (χ0v) is 34.1. The van der Waals surface area contributed by atoms with E-state index in [0.29, 0.717) is 38.4 Å². The molecule has 5 N–H and O–H groups in total. The summed E-state index contributed by atoms with van der Waals surface area (Å²) in [5.41, 5.74) is 2.58. The highest BCUT2D eigenvalue weighted by Gasteiger charge is 2.91. The number of halogens is 13. The van der Waals surface area contributed by atoms with E-state index in [1.54, 1.807) is 12.1 Å². The van der Waals surface area contributed by atoms with Gasteiger partial charge in [0.05, 0.1) is 11.0 Å². The summed E-state index contributed by atoms with van der Waals surface area (Å²) in [6, 6.07) is 34.5. The Balaban J connectivity index is 1.16. The van der Waals surface area contributed by atoms with Crippen molar-refractivity contribution in [2.24, 2.45) is 0 Å². The number of fused-ring (bicyclic) bond motifs is 20. The Labute approximate surface area is 371 Å². The van der Waals surface area contributed by atoms with Crippen molar-refractivity contribution >= 4 is 78.5 Å². The molecule has 19 heteroatoms. The molecule has 0 saturated heterocycles. The molecular weight excluding hydrogens is 922 g/mol. The maximum atomic E-state index is 14.9. The average Bonchev–Trinajstić information content (AvgIpc) is 4.05. The standard InChI is InChI=1S/C49H28F13N5O/c50-44(51,45(52,53)46(54,55)47(56,57)48(58,59)49(60,61)62)43(68)63-25-19-17-24(18-20-25)40-41-32-15-7-5-13-30(32)38(66-41)22-36-28-11-3-1-9-26(28)34(64-36)21-35-27-10-2-4-12-29(27)37(65-35)23-39-31-14-6-8-16-33(31)42(40)67-39/h1-23,64-67H,(H,63,68). The molecule has 10 rings (SSSR count). The Morgan fingerprint density at radius 2 is 0.794 bits per heavy atom. The van der Waals surface area contributed by atoms with E-state index < -0.39 is 47.4 Å². The first-order valence-electron chi connectivity index (χ1n) is 20.3. The predicted molar refractivity (Wildman–Crippen MR) is 230 cm³/mol. The lowest BCUT2D eigenvalue weighted by atomic mass is 9.93. The first-order chi connectivity index (χ1) is 32.0. The lowest BCUT2D eigenvalue weighted by molar-refractivity contribution is -0.435. The Morgan fingerprint density at radius 1 is 0.397 bits per heavy atom. The maximum Gasteiger partial charge on any atom is 0.460 e. The second-order valence-electron chi connectivity index (χ2n) is 16.1. The number of amides is 1. The molecule has 4 aromatic heterocycles. The molecule has 0 fully saturated rings. The van der Waals surface area contributed by atoms with Crippen LogP contribution < -0.4 is 26.7 Å². The molecule has 6 nitrogen and oxygen atoms in total. The van der Waals surface area contributed by atoms with Gasteiger partial charge in [-0.15, -0.1) is 0 Å². The normalized spacial score (nSPS) is 14.0. The van der Waals surface area contributed by atoms with Gasteiger partial charge in [-0.3, -0.25) is 4.79 Å². The van der Waals surface area contributed by atoms with Crippen LogP contribution in [0.5, 0.6) is 0 Å². The van der Waals surface area contributed by atoms with Gasteiger partial charge in [0.2, 0.25) is 0 Å². The lowest BCUT2D eigenvalue weighted by Gasteiger charge is -2.39. The minimum atomic E-state index is -8.15. The van der Waals surface area contributed by atoms with Crippen molar-refractivity contribution in [3.05, 3.63) is 171 Å². The summed E-state index contributed by atoms with van der Waals surface area (Å²) in [6.45, 7) is 0. The van der Waals surface area contributed by atoms with E-state index in [4.69, 9.17) is 0 Å². The molecule has 0 saturated carbocycles. The number of benzene rings is 5. The van der Waals surface area contributed by atoms with E-state index in [1.165, 1.54) is 17.4 Å². The molecule has 9 aromatic rings. The fourth-order valence-corrected chi connectivity index (χ4v) is 8.64. The zero-order chi connectivity index (χ0) is 48.3. The Kier molecular flexibility index (Phi) is 9.68. The van der Waals surface area contributed by atoms with Crippen LogP contribution in [-0.4, -0.2) is 61.6 Å². The first kappa shape index (κ1) is 44.2. The van der Waals surface area contributed by atoms with Gasteiger partial charge in [-0.25, -0.2) is 0 Å². The van der Waals surface area contributed by atoms with Crippen molar-refractivity contribution in [1.82, 2.24) is 19.9 Å². The third-order valence-corrected chi connectivity index (χ3v) is 12.1. The summed E-state index contributed by atoms with van der Waals surface area (Å²) < 4.78 is 180. The van der Waals surface area contributed by atoms with Crippen molar-refractivity contribution in [1.29, 1.82) is 0 Å². The van der Waals surface area contributed by atoms with Crippen molar-refractivity contribution < 1.29 is 61.9 Å². The number of alkyl halides is 13. The predicted octanol–water partition coefficient (Wildman–Crippen LogP) is 10.3. The summed E-state index contributed by atoms with van der Waals surface area (Å²) in [5, 5.41) is 10.4. The number of aromatic nitrogens is 4. The van der Waals surface area contributed by atoms with Crippen molar-refractivity contribution in [2.45, 2.75) is 35.8 Å². The number of carbonyl (C=O) groups is 1. The molecule has 68 heavy (non-hydrogen) atoms. The molecule has 1 aliphatic rings. The van der Waals surface area contributed by atoms with Crippen molar-refractivity contribution in [3.8, 4) is 0 Å². The summed E-state index contributed by atoms with van der Waals surface area (Å²) in [7, 11) is 0. The number of hydrogen-bond donors (Lipinski definition) is 5. The topological polar surface area (TPSA) is 92.3 Å². The molecule has 5 heterocycles. The summed E-state index contributed by atoms with van der Waals surface area (Å²) >= 11 is 0. The number of carbonyl (C=O) groups excluding carboxylic acids is 1. The quantitative estimate of drug-likeness (QED) is 0.101. The van der Waals surface area contributed by atoms with Gasteiger partial charge in [-0.05, 0) is 35.9 Å². The van der Waals surface area contributed by atoms with Crippen LogP contribution in [0.3, 0.4) is 0 Å². The molecular formula is C49H28F13N5O. The third kappa shape index (κ3) is 6.37. The number of H-pyrrole nitrogens is 4. The number of rotatable bonds is 7. The highest BCUT2D eigenvalue weighted by Crippen LogP contribution is 2.60. The van der Waals surface area contributed by atoms with E-state index >= 15 is 0 Å². The van der Waals surface area contributed by atoms with Gasteiger partial charge < -0.3 is 25.3 Å². The Hall–Kier alpha value is -7.70. The Bertz CT molecular complexity index is 3780. The van der Waals surface area contributed by atoms with Crippen molar-refractivity contribution in [2.75, 3.05) is 5.32 Å². The minimum absolute atomic E-state index is 0.272. The van der Waals surface area contributed by atoms with E-state index in [9.17, 15) is 61.9 Å². The average molecular weight is 950 g/mol. The van der Waals surface area contributed by atoms with Crippen LogP contribution in [0, 0.1) is 0 Å². The van der Waals surface area contributed by atoms with Crippen LogP contribution in [0.25, 0.3) is 66.9 Å². The number of anilines is 1. The molecule has 346 valence electrons. The van der Waals surface area contributed by atoms with Crippen LogP contribution in [0.2, 0.25) is 0 Å². The Morgan fingerprint density at radius 3 is 1.29 bits per heavy atom. The van der Waals surface area contributed by atoms with Gasteiger partial charge in [0.15, 0.2) is 0 Å². The van der Waals surface area contributed by atoms with Gasteiger partial charge in [0.1, 0.15) is 0 Å². The molecule has 0 atom stereocenters. The molecule has 0 spiro atoms. The van der Waals surface area contributed by atoms with Crippen LogP contribution in [-0.2, 0) is 4.79 Å². The zero-order valence-electron chi connectivity index (χ0n) is 34.1. The second kappa shape index (κ2) is 14.9. The van der Waals surface area contributed by atoms with Crippen LogP contribution >= 0.6 is 0 Å². The molecule has 0 radical (unpaired) electrons. The van der Waals surface area contributed by atoms with Crippen LogP contribution in [0.15, 0.2) is 121 Å². The largest absolute Gasteiger partial charge is 0.460 e. The van der Waals surface area contributed by atoms with Gasteiger partial charge in [-0.2, -0.15) is 57.1 Å². The van der Waals surface area contributed by atoms with E-state index in [-0.39, 0.29) is 5.56 Å². The lowest BCUT2D eigenvalue weighted by Crippen LogP contribution is -2.71. The minimum Gasteiger partial charge on any atom is -0.354 e. The molecule has 1 aliphatic heterocycles. The molecule has 8 bridgehead atoms. The number of nitrogens with one attached hydrogen (secondary N) is 5. The molecule has 1 amide bonds. The maximum absolute atomic E-state index is 14.9. The third-order valence-electron chi connectivity index (χ3n) is 12.1. The highest BCUT2D eigenvalue weighted by atomic mass is 19.4. The fraction of sp³-hybridized carbons (Fsp3) is 0.122. The van der Waals surface area contributed by atoms with E-state index in [1.807, 2.05) is 103 Å². The number of aromatic amines is 4. The molecule has 5 aromatic carbocycles. The summed E-state index contributed by atoms with van der Waals surface area (Å²) in [6.07, 6.45) is -1.69. The second-order valence-corrected chi connectivity index (χ2v) is 16.1. The smallest absolute Gasteiger partial charge is 0.354 e. The van der Waals surface area contributed by atoms with E-state index in [0.717, 1.165) is 66.5 Å². The van der Waals surface area contributed by atoms with Gasteiger partial charge >= 0.3 is 41.7 Å². The van der Waals surface area contributed by atoms with Crippen molar-refractivity contribution in [3.63, 3.8) is 0 Å². The van der Waals surface area contributed by atoms with Crippen LogP contribution in [0.1, 0.15) is 28.3 Å². The summed E-state index contributed by atoms with van der Waals surface area (Å²) in [5.74, 6) is -42.4. The fourth-order valence-electron chi connectivity index (χ4n) is 8.64. The SMILES string of the molecule is O=C(Nc1ccc(C2=c3[nH]c(c4ccccc34)=Cc3[nH]c(c4ccccc34)C=c3[nH]c(c4ccccc34)=Cc3[nH]c2c2ccccc32)cc1)C(F)(F)C(F)(F)C(F)(F)C(F)(F)C(F)(F)C(F)(F)F. The number of hydrogen-bond acceptors (Lipinski definition) is 1. The molecule has 0 aliphatic carbocycles.